The van der Waals surface area contributed by atoms with Crippen molar-refractivity contribution >= 4 is 29.2 Å². The molecule has 5 N–H and O–H groups in total. The van der Waals surface area contributed by atoms with Gasteiger partial charge in [-0.1, -0.05) is 16.8 Å². The van der Waals surface area contributed by atoms with Crippen molar-refractivity contribution in [1.29, 1.82) is 0 Å². The summed E-state index contributed by atoms with van der Waals surface area (Å²) < 4.78 is 5.28. The Hall–Kier alpha value is -2.74. The quantitative estimate of drug-likeness (QED) is 0.285. The number of nitrogens with one attached hydrogen (secondary N) is 2. The minimum absolute atomic E-state index is 0.169. The van der Waals surface area contributed by atoms with Crippen LogP contribution in [0, 0.1) is 0 Å². The number of aromatic amines is 1. The van der Waals surface area contributed by atoms with Gasteiger partial charge in [-0.3, -0.25) is 9.89 Å². The number of benzene rings is 1. The van der Waals surface area contributed by atoms with Crippen LogP contribution >= 0.6 is 11.6 Å². The number of carbonyl (C=O) groups is 1. The number of carbonyl (C=O) groups excluding carboxylic acids is 1. The third-order valence-electron chi connectivity index (χ3n) is 2.47. The lowest BCUT2D eigenvalue weighted by molar-refractivity contribution is -0.118. The van der Waals surface area contributed by atoms with Gasteiger partial charge in [0.05, 0.1) is 11.8 Å². The normalized spacial score (nSPS) is 11.2. The van der Waals surface area contributed by atoms with Crippen LogP contribution in [0.15, 0.2) is 35.6 Å². The maximum atomic E-state index is 11.8. The Morgan fingerprint density at radius 3 is 2.86 bits per heavy atom. The summed E-state index contributed by atoms with van der Waals surface area (Å²) in [6.07, 6.45) is 1.32. The van der Waals surface area contributed by atoms with Gasteiger partial charge in [-0.15, -0.1) is 0 Å². The molecular weight excluding hydrogens is 298 g/mol. The molecule has 110 valence electrons. The van der Waals surface area contributed by atoms with E-state index < -0.39 is 5.91 Å². The first-order chi connectivity index (χ1) is 10.1. The van der Waals surface area contributed by atoms with Gasteiger partial charge in [0, 0.05) is 5.02 Å². The molecule has 0 atom stereocenters. The molecule has 8 nitrogen and oxygen atoms in total. The van der Waals surface area contributed by atoms with E-state index in [4.69, 9.17) is 27.3 Å². The molecule has 1 amide bonds. The molecule has 0 radical (unpaired) electrons. The second-order valence-electron chi connectivity index (χ2n) is 3.93. The van der Waals surface area contributed by atoms with Gasteiger partial charge in [0.1, 0.15) is 11.6 Å². The van der Waals surface area contributed by atoms with Gasteiger partial charge in [0.25, 0.3) is 5.91 Å². The predicted molar refractivity (Wildman–Crippen MR) is 76.7 cm³/mol. The number of rotatable bonds is 5. The van der Waals surface area contributed by atoms with E-state index in [1.165, 1.54) is 6.20 Å². The van der Waals surface area contributed by atoms with E-state index in [2.05, 4.69) is 20.7 Å². The second-order valence-corrected chi connectivity index (χ2v) is 4.37. The number of H-pyrrole nitrogens is 1. The van der Waals surface area contributed by atoms with Crippen LogP contribution in [0.25, 0.3) is 0 Å². The molecule has 2 rings (SSSR count). The zero-order valence-corrected chi connectivity index (χ0v) is 11.5. The van der Waals surface area contributed by atoms with E-state index >= 15 is 0 Å². The fraction of sp³-hybridized carbons (Fsp3) is 0.0833. The number of anilines is 1. The average Bonchev–Trinajstić information content (AvgIpc) is 2.94. The fourth-order valence-electron chi connectivity index (χ4n) is 1.48. The van der Waals surface area contributed by atoms with Gasteiger partial charge in [-0.25, -0.2) is 0 Å². The fourth-order valence-corrected chi connectivity index (χ4v) is 1.61. The molecule has 21 heavy (non-hydrogen) atoms. The summed E-state index contributed by atoms with van der Waals surface area (Å²) >= 11 is 5.74. The zero-order chi connectivity index (χ0) is 15.2. The highest BCUT2D eigenvalue weighted by molar-refractivity contribution is 6.30. The van der Waals surface area contributed by atoms with Crippen molar-refractivity contribution in [3.8, 4) is 5.75 Å². The molecule has 0 fully saturated rings. The number of aromatic nitrogens is 2. The van der Waals surface area contributed by atoms with Gasteiger partial charge in [-0.05, 0) is 24.3 Å². The summed E-state index contributed by atoms with van der Waals surface area (Å²) in [5.74, 6) is 0.129. The van der Waals surface area contributed by atoms with Gasteiger partial charge in [0.15, 0.2) is 12.4 Å². The largest absolute Gasteiger partial charge is 0.484 e. The summed E-state index contributed by atoms with van der Waals surface area (Å²) in [6.45, 7) is -0.212. The van der Waals surface area contributed by atoms with Crippen LogP contribution in [0.1, 0.15) is 5.56 Å². The minimum Gasteiger partial charge on any atom is -0.484 e. The molecule has 0 unspecified atom stereocenters. The Bertz CT molecular complexity index is 653. The molecule has 0 saturated heterocycles. The SMILES string of the molecule is NC(=NO)c1cn[nH]c1NC(=O)COc1ccc(Cl)cc1. The smallest absolute Gasteiger partial charge is 0.263 e. The molecule has 9 heteroatoms. The van der Waals surface area contributed by atoms with E-state index in [0.717, 1.165) is 0 Å². The first-order valence-corrected chi connectivity index (χ1v) is 6.17. The van der Waals surface area contributed by atoms with Crippen LogP contribution in [-0.2, 0) is 4.79 Å². The number of nitrogens with two attached hydrogens (primary N) is 1. The Balaban J connectivity index is 1.93. The van der Waals surface area contributed by atoms with Crippen molar-refractivity contribution in [3.05, 3.63) is 41.0 Å². The van der Waals surface area contributed by atoms with Crippen molar-refractivity contribution in [3.63, 3.8) is 0 Å². The van der Waals surface area contributed by atoms with E-state index in [-0.39, 0.29) is 23.8 Å². The maximum Gasteiger partial charge on any atom is 0.263 e. The van der Waals surface area contributed by atoms with Gasteiger partial charge < -0.3 is 21.0 Å². The number of halogens is 1. The van der Waals surface area contributed by atoms with Crippen LogP contribution in [0.3, 0.4) is 0 Å². The Kier molecular flexibility index (Phi) is 4.62. The standard InChI is InChI=1S/C12H12ClN5O3/c13-7-1-3-8(4-2-7)21-6-10(19)16-12-9(5-15-17-12)11(14)18-20/h1-5,20H,6H2,(H2,14,18)(H2,15,16,17,19). The van der Waals surface area contributed by atoms with Crippen LogP contribution < -0.4 is 15.8 Å². The predicted octanol–water partition coefficient (Wildman–Crippen LogP) is 1.18. The number of oxime groups is 1. The molecule has 0 aliphatic carbocycles. The van der Waals surface area contributed by atoms with Gasteiger partial charge in [-0.2, -0.15) is 5.10 Å². The van der Waals surface area contributed by atoms with Crippen molar-refractivity contribution in [1.82, 2.24) is 10.2 Å². The third-order valence-corrected chi connectivity index (χ3v) is 2.72. The Morgan fingerprint density at radius 2 is 2.19 bits per heavy atom. The van der Waals surface area contributed by atoms with Gasteiger partial charge >= 0.3 is 0 Å². The molecule has 0 aliphatic heterocycles. The third kappa shape index (κ3) is 3.86. The maximum absolute atomic E-state index is 11.8. The summed E-state index contributed by atoms with van der Waals surface area (Å²) in [5.41, 5.74) is 5.71. The Labute approximate surface area is 124 Å². The lowest BCUT2D eigenvalue weighted by atomic mass is 10.3. The van der Waals surface area contributed by atoms with Crippen LogP contribution in [0.2, 0.25) is 5.02 Å². The number of hydrogen-bond donors (Lipinski definition) is 4. The van der Waals surface area contributed by atoms with Gasteiger partial charge in [0.2, 0.25) is 0 Å². The second kappa shape index (κ2) is 6.62. The number of amidine groups is 1. The van der Waals surface area contributed by atoms with E-state index in [9.17, 15) is 4.79 Å². The summed E-state index contributed by atoms with van der Waals surface area (Å²) in [4.78, 5) is 11.8. The number of ether oxygens (including phenoxy) is 1. The average molecular weight is 310 g/mol. The van der Waals surface area contributed by atoms with Crippen molar-refractivity contribution < 1.29 is 14.7 Å². The first-order valence-electron chi connectivity index (χ1n) is 5.79. The van der Waals surface area contributed by atoms with Crippen LogP contribution in [0.5, 0.6) is 5.75 Å². The molecule has 1 aromatic heterocycles. The van der Waals surface area contributed by atoms with Crippen molar-refractivity contribution in [2.45, 2.75) is 0 Å². The molecule has 0 aliphatic rings. The lowest BCUT2D eigenvalue weighted by Crippen LogP contribution is -2.23. The molecule has 0 bridgehead atoms. The lowest BCUT2D eigenvalue weighted by Gasteiger charge is -2.07. The molecule has 0 saturated carbocycles. The minimum atomic E-state index is -0.429. The number of amides is 1. The zero-order valence-electron chi connectivity index (χ0n) is 10.7. The summed E-state index contributed by atoms with van der Waals surface area (Å²) in [6, 6.07) is 6.60. The molecule has 1 heterocycles. The highest BCUT2D eigenvalue weighted by Crippen LogP contribution is 2.15. The molecule has 2 aromatic rings. The van der Waals surface area contributed by atoms with Crippen LogP contribution in [-0.4, -0.2) is 33.8 Å². The molecule has 1 aromatic carbocycles. The van der Waals surface area contributed by atoms with E-state index in [0.29, 0.717) is 10.8 Å². The highest BCUT2D eigenvalue weighted by Gasteiger charge is 2.12. The number of nitrogens with zero attached hydrogens (tertiary/aromatic N) is 2. The first kappa shape index (κ1) is 14.7. The number of hydrogen-bond acceptors (Lipinski definition) is 5. The van der Waals surface area contributed by atoms with E-state index in [1.807, 2.05) is 0 Å². The topological polar surface area (TPSA) is 126 Å². The molecular formula is C12H12ClN5O3. The van der Waals surface area contributed by atoms with Crippen molar-refractivity contribution in [2.24, 2.45) is 10.9 Å². The molecule has 0 spiro atoms. The summed E-state index contributed by atoms with van der Waals surface area (Å²) in [5, 5.41) is 20.8. The monoisotopic (exact) mass is 309 g/mol. The summed E-state index contributed by atoms with van der Waals surface area (Å²) in [7, 11) is 0. The van der Waals surface area contributed by atoms with Crippen LogP contribution in [0.4, 0.5) is 5.82 Å². The Morgan fingerprint density at radius 1 is 1.48 bits per heavy atom. The van der Waals surface area contributed by atoms with E-state index in [1.54, 1.807) is 24.3 Å². The van der Waals surface area contributed by atoms with Crippen molar-refractivity contribution in [2.75, 3.05) is 11.9 Å². The highest BCUT2D eigenvalue weighted by atomic mass is 35.5.